The largest absolute Gasteiger partial charge is 0.389 e. The highest BCUT2D eigenvalue weighted by Crippen LogP contribution is 2.33. The Bertz CT molecular complexity index is 350. The van der Waals surface area contributed by atoms with Crippen molar-refractivity contribution in [2.75, 3.05) is 0 Å². The van der Waals surface area contributed by atoms with Gasteiger partial charge < -0.3 is 5.11 Å². The summed E-state index contributed by atoms with van der Waals surface area (Å²) in [6.07, 6.45) is -0.627. The number of aliphatic hydroxyl groups is 1. The van der Waals surface area contributed by atoms with Gasteiger partial charge in [0, 0.05) is 10.1 Å². The molecule has 1 nitrogen and oxygen atoms in total. The van der Waals surface area contributed by atoms with E-state index < -0.39 is 6.10 Å². The summed E-state index contributed by atoms with van der Waals surface area (Å²) in [5.41, 5.74) is 0.678. The molecule has 2 atom stereocenters. The Morgan fingerprint density at radius 3 is 2.31 bits per heavy atom. The Morgan fingerprint density at radius 1 is 1.19 bits per heavy atom. The van der Waals surface area contributed by atoms with Crippen molar-refractivity contribution in [1.29, 1.82) is 0 Å². The van der Waals surface area contributed by atoms with Gasteiger partial charge in [-0.2, -0.15) is 0 Å². The van der Waals surface area contributed by atoms with E-state index in [4.69, 9.17) is 0 Å². The topological polar surface area (TPSA) is 20.2 Å². The smallest absolute Gasteiger partial charge is 0.123 e. The van der Waals surface area contributed by atoms with E-state index in [-0.39, 0.29) is 5.82 Å². The number of hydrogen-bond acceptors (Lipinski definition) is 2. The van der Waals surface area contributed by atoms with E-state index in [2.05, 4.69) is 20.8 Å². The molecule has 90 valence electrons. The average molecular weight is 242 g/mol. The van der Waals surface area contributed by atoms with Gasteiger partial charge in [-0.1, -0.05) is 20.8 Å². The number of benzene rings is 1. The molecule has 1 rings (SSSR count). The highest BCUT2D eigenvalue weighted by Gasteiger charge is 2.14. The van der Waals surface area contributed by atoms with E-state index in [1.165, 1.54) is 12.1 Å². The Balaban J connectivity index is 2.95. The van der Waals surface area contributed by atoms with E-state index >= 15 is 0 Å². The van der Waals surface area contributed by atoms with Crippen molar-refractivity contribution >= 4 is 11.8 Å². The second kappa shape index (κ2) is 5.69. The molecule has 0 bridgehead atoms. The van der Waals surface area contributed by atoms with Gasteiger partial charge in [-0.25, -0.2) is 4.39 Å². The van der Waals surface area contributed by atoms with Crippen LogP contribution in [0.25, 0.3) is 0 Å². The molecule has 1 aromatic carbocycles. The second-order valence-electron chi connectivity index (χ2n) is 4.43. The Hall–Kier alpha value is -0.540. The van der Waals surface area contributed by atoms with Gasteiger partial charge in [0.15, 0.2) is 0 Å². The average Bonchev–Trinajstić information content (AvgIpc) is 2.20. The highest BCUT2D eigenvalue weighted by atomic mass is 32.2. The molecular formula is C13H19FOS. The van der Waals surface area contributed by atoms with Crippen molar-refractivity contribution in [3.8, 4) is 0 Å². The first-order chi connectivity index (χ1) is 7.41. The van der Waals surface area contributed by atoms with Crippen molar-refractivity contribution in [3.05, 3.63) is 29.6 Å². The molecular weight excluding hydrogens is 223 g/mol. The summed E-state index contributed by atoms with van der Waals surface area (Å²) in [6.45, 7) is 8.12. The fourth-order valence-electron chi connectivity index (χ4n) is 1.29. The van der Waals surface area contributed by atoms with Crippen LogP contribution < -0.4 is 0 Å². The van der Waals surface area contributed by atoms with Crippen molar-refractivity contribution in [1.82, 2.24) is 0 Å². The lowest BCUT2D eigenvalue weighted by atomic mass is 10.1. The predicted octanol–water partition coefficient (Wildman–Crippen LogP) is 4.02. The minimum absolute atomic E-state index is 0.294. The van der Waals surface area contributed by atoms with Crippen LogP contribution in [0.3, 0.4) is 0 Å². The van der Waals surface area contributed by atoms with Crippen LogP contribution in [0.1, 0.15) is 39.4 Å². The third-order valence-corrected chi connectivity index (χ3v) is 4.22. The first-order valence-electron chi connectivity index (χ1n) is 5.56. The molecule has 0 aliphatic rings. The van der Waals surface area contributed by atoms with Gasteiger partial charge >= 0.3 is 0 Å². The summed E-state index contributed by atoms with van der Waals surface area (Å²) in [6, 6.07) is 4.61. The van der Waals surface area contributed by atoms with Crippen molar-refractivity contribution in [2.24, 2.45) is 5.92 Å². The van der Waals surface area contributed by atoms with Crippen molar-refractivity contribution in [3.63, 3.8) is 0 Å². The number of rotatable bonds is 4. The van der Waals surface area contributed by atoms with Crippen molar-refractivity contribution in [2.45, 2.75) is 43.9 Å². The van der Waals surface area contributed by atoms with Crippen LogP contribution in [-0.2, 0) is 0 Å². The van der Waals surface area contributed by atoms with Gasteiger partial charge in [-0.05, 0) is 36.6 Å². The summed E-state index contributed by atoms with van der Waals surface area (Å²) in [5, 5.41) is 10.0. The number of aliphatic hydroxyl groups excluding tert-OH is 1. The molecule has 0 spiro atoms. The summed E-state index contributed by atoms with van der Waals surface area (Å²) in [5.74, 6) is 0.259. The maximum absolute atomic E-state index is 13.1. The van der Waals surface area contributed by atoms with E-state index in [0.29, 0.717) is 16.7 Å². The highest BCUT2D eigenvalue weighted by molar-refractivity contribution is 8.00. The van der Waals surface area contributed by atoms with Gasteiger partial charge in [0.25, 0.3) is 0 Å². The maximum Gasteiger partial charge on any atom is 0.123 e. The van der Waals surface area contributed by atoms with E-state index in [0.717, 1.165) is 4.90 Å². The first kappa shape index (κ1) is 13.5. The lowest BCUT2D eigenvalue weighted by Crippen LogP contribution is -2.06. The molecule has 0 radical (unpaired) electrons. The third kappa shape index (κ3) is 3.49. The molecule has 0 saturated carbocycles. The van der Waals surface area contributed by atoms with Gasteiger partial charge in [0.05, 0.1) is 6.10 Å². The molecule has 16 heavy (non-hydrogen) atoms. The zero-order chi connectivity index (χ0) is 12.3. The first-order valence-corrected chi connectivity index (χ1v) is 6.44. The molecule has 0 fully saturated rings. The summed E-state index contributed by atoms with van der Waals surface area (Å²) >= 11 is 1.69. The number of thioether (sulfide) groups is 1. The fraction of sp³-hybridized carbons (Fsp3) is 0.538. The Morgan fingerprint density at radius 2 is 1.81 bits per heavy atom. The predicted molar refractivity (Wildman–Crippen MR) is 67.2 cm³/mol. The normalized spacial score (nSPS) is 15.2. The molecule has 0 aliphatic heterocycles. The van der Waals surface area contributed by atoms with Crippen LogP contribution >= 0.6 is 11.8 Å². The fourth-order valence-corrected chi connectivity index (χ4v) is 2.47. The molecule has 0 amide bonds. The third-order valence-electron chi connectivity index (χ3n) is 2.67. The van der Waals surface area contributed by atoms with Crippen LogP contribution in [0.15, 0.2) is 23.1 Å². The van der Waals surface area contributed by atoms with E-state index in [1.54, 1.807) is 24.8 Å². The minimum Gasteiger partial charge on any atom is -0.389 e. The lowest BCUT2D eigenvalue weighted by Gasteiger charge is -2.18. The molecule has 1 aromatic rings. The summed E-state index contributed by atoms with van der Waals surface area (Å²) in [4.78, 5) is 0.970. The van der Waals surface area contributed by atoms with Gasteiger partial charge in [0.1, 0.15) is 5.82 Å². The molecule has 3 heteroatoms. The van der Waals surface area contributed by atoms with Crippen LogP contribution in [-0.4, -0.2) is 10.4 Å². The van der Waals surface area contributed by atoms with E-state index in [9.17, 15) is 9.50 Å². The number of hydrogen-bond donors (Lipinski definition) is 1. The molecule has 2 unspecified atom stereocenters. The van der Waals surface area contributed by atoms with Gasteiger partial charge in [-0.15, -0.1) is 11.8 Å². The van der Waals surface area contributed by atoms with Gasteiger partial charge in [-0.3, -0.25) is 0 Å². The molecule has 1 N–H and O–H groups in total. The minimum atomic E-state index is -0.627. The molecule has 0 saturated heterocycles. The monoisotopic (exact) mass is 242 g/mol. The van der Waals surface area contributed by atoms with Crippen LogP contribution in [0, 0.1) is 11.7 Å². The van der Waals surface area contributed by atoms with Crippen molar-refractivity contribution < 1.29 is 9.50 Å². The van der Waals surface area contributed by atoms with Crippen LogP contribution in [0.5, 0.6) is 0 Å². The quantitative estimate of drug-likeness (QED) is 0.805. The summed E-state index contributed by atoms with van der Waals surface area (Å²) < 4.78 is 13.1. The number of halogens is 1. The van der Waals surface area contributed by atoms with E-state index in [1.807, 2.05) is 0 Å². The molecule has 0 heterocycles. The standard InChI is InChI=1S/C13H19FOS/c1-8(2)10(4)16-13-6-5-11(14)7-12(13)9(3)15/h5-10,15H,1-4H3. The zero-order valence-corrected chi connectivity index (χ0v) is 11.0. The second-order valence-corrected chi connectivity index (χ2v) is 5.84. The molecule has 0 aromatic heterocycles. The maximum atomic E-state index is 13.1. The SMILES string of the molecule is CC(O)c1cc(F)ccc1SC(C)C(C)C. The Kier molecular flexibility index (Phi) is 4.81. The van der Waals surface area contributed by atoms with Crippen LogP contribution in [0.4, 0.5) is 4.39 Å². The van der Waals surface area contributed by atoms with Gasteiger partial charge in [0.2, 0.25) is 0 Å². The van der Waals surface area contributed by atoms with Crippen LogP contribution in [0.2, 0.25) is 0 Å². The lowest BCUT2D eigenvalue weighted by molar-refractivity contribution is 0.196. The summed E-state index contributed by atoms with van der Waals surface area (Å²) in [7, 11) is 0. The Labute approximate surface area is 101 Å². The zero-order valence-electron chi connectivity index (χ0n) is 10.2. The molecule has 0 aliphatic carbocycles.